The van der Waals surface area contributed by atoms with Crippen LogP contribution in [-0.4, -0.2) is 63.9 Å². The summed E-state index contributed by atoms with van der Waals surface area (Å²) in [5, 5.41) is -0.225. The maximum Gasteiger partial charge on any atom is 0.410 e. The van der Waals surface area contributed by atoms with Crippen molar-refractivity contribution in [2.24, 2.45) is 0 Å². The van der Waals surface area contributed by atoms with E-state index in [0.29, 0.717) is 37.3 Å². The van der Waals surface area contributed by atoms with Gasteiger partial charge in [-0.2, -0.15) is 0 Å². The molecule has 2 aromatic heterocycles. The van der Waals surface area contributed by atoms with Crippen LogP contribution in [0.4, 0.5) is 4.79 Å². The molecule has 0 aliphatic carbocycles. The van der Waals surface area contributed by atoms with Crippen LogP contribution in [0.25, 0.3) is 22.6 Å². The topological polar surface area (TPSA) is 107 Å². The number of nitrogens with zero attached hydrogens (tertiary/aromatic N) is 5. The van der Waals surface area contributed by atoms with Gasteiger partial charge in [0.1, 0.15) is 5.60 Å². The molecule has 0 bridgehead atoms. The molecule has 3 heterocycles. The van der Waals surface area contributed by atoms with Gasteiger partial charge < -0.3 is 14.2 Å². The molecule has 0 spiro atoms. The molecule has 9 nitrogen and oxygen atoms in total. The average Bonchev–Trinajstić information content (AvgIpc) is 3.23. The molecule has 1 aliphatic rings. The van der Waals surface area contributed by atoms with E-state index in [9.17, 15) is 13.2 Å². The molecule has 0 saturated carbocycles. The fourth-order valence-corrected chi connectivity index (χ4v) is 4.52. The number of ether oxygens (including phenoxy) is 1. The third-order valence-electron chi connectivity index (χ3n) is 5.56. The van der Waals surface area contributed by atoms with Crippen molar-refractivity contribution >= 4 is 15.9 Å². The minimum Gasteiger partial charge on any atom is -0.444 e. The summed E-state index contributed by atoms with van der Waals surface area (Å²) in [7, 11) is -3.57. The summed E-state index contributed by atoms with van der Waals surface area (Å²) in [6.07, 6.45) is 5.43. The second kappa shape index (κ2) is 9.17. The van der Waals surface area contributed by atoms with E-state index in [-0.39, 0.29) is 17.3 Å². The number of sulfone groups is 1. The highest BCUT2D eigenvalue weighted by Crippen LogP contribution is 2.35. The quantitative estimate of drug-likeness (QED) is 0.517. The van der Waals surface area contributed by atoms with Crippen LogP contribution in [0.5, 0.6) is 0 Å². The van der Waals surface area contributed by atoms with Gasteiger partial charge in [-0.15, -0.1) is 0 Å². The van der Waals surface area contributed by atoms with Crippen molar-refractivity contribution < 1.29 is 17.9 Å². The zero-order valence-electron chi connectivity index (χ0n) is 19.8. The van der Waals surface area contributed by atoms with Crippen LogP contribution in [0.1, 0.15) is 39.7 Å². The Hall–Kier alpha value is -3.27. The minimum absolute atomic E-state index is 0.0651. The Kier molecular flexibility index (Phi) is 6.44. The molecule has 1 fully saturated rings. The molecular formula is C24H29N5O4S. The number of benzene rings is 1. The molecule has 0 unspecified atom stereocenters. The maximum absolute atomic E-state index is 12.5. The summed E-state index contributed by atoms with van der Waals surface area (Å²) in [5.41, 5.74) is 2.30. The number of carbonyl (C=O) groups is 1. The van der Waals surface area contributed by atoms with Gasteiger partial charge in [-0.1, -0.05) is 30.3 Å². The summed E-state index contributed by atoms with van der Waals surface area (Å²) >= 11 is 0. The lowest BCUT2D eigenvalue weighted by atomic mass is 10.0. The molecule has 0 radical (unpaired) electrons. The molecule has 1 aliphatic heterocycles. The van der Waals surface area contributed by atoms with Gasteiger partial charge in [0, 0.05) is 37.1 Å². The van der Waals surface area contributed by atoms with Gasteiger partial charge in [0.15, 0.2) is 0 Å². The monoisotopic (exact) mass is 483 g/mol. The first-order chi connectivity index (χ1) is 16.0. The van der Waals surface area contributed by atoms with Gasteiger partial charge in [0.05, 0.1) is 23.4 Å². The highest BCUT2D eigenvalue weighted by molar-refractivity contribution is 7.90. The lowest BCUT2D eigenvalue weighted by Gasteiger charge is -2.34. The van der Waals surface area contributed by atoms with E-state index in [1.165, 1.54) is 6.20 Å². The van der Waals surface area contributed by atoms with Gasteiger partial charge in [0.25, 0.3) is 0 Å². The van der Waals surface area contributed by atoms with E-state index >= 15 is 0 Å². The molecular weight excluding hydrogens is 454 g/mol. The predicted molar refractivity (Wildman–Crippen MR) is 128 cm³/mol. The van der Waals surface area contributed by atoms with Crippen LogP contribution in [0.3, 0.4) is 0 Å². The Morgan fingerprint density at radius 2 is 1.74 bits per heavy atom. The Morgan fingerprint density at radius 1 is 1.06 bits per heavy atom. The number of piperidine rings is 1. The second-order valence-corrected chi connectivity index (χ2v) is 11.3. The highest BCUT2D eigenvalue weighted by Gasteiger charge is 2.30. The van der Waals surface area contributed by atoms with Gasteiger partial charge in [0.2, 0.25) is 15.0 Å². The number of amides is 1. The van der Waals surface area contributed by atoms with Crippen molar-refractivity contribution in [2.45, 2.75) is 50.4 Å². The van der Waals surface area contributed by atoms with Crippen molar-refractivity contribution in [3.8, 4) is 22.6 Å². The normalized spacial score (nSPS) is 15.4. The first kappa shape index (κ1) is 23.9. The molecule has 1 amide bonds. The number of aromatic nitrogens is 4. The van der Waals surface area contributed by atoms with E-state index in [1.54, 1.807) is 17.3 Å². The number of hydrogen-bond acceptors (Lipinski definition) is 7. The van der Waals surface area contributed by atoms with E-state index < -0.39 is 15.4 Å². The smallest absolute Gasteiger partial charge is 0.410 e. The molecule has 1 aromatic carbocycles. The molecule has 0 atom stereocenters. The minimum atomic E-state index is -3.57. The van der Waals surface area contributed by atoms with Gasteiger partial charge in [-0.25, -0.2) is 28.2 Å². The average molecular weight is 484 g/mol. The van der Waals surface area contributed by atoms with E-state index in [4.69, 9.17) is 4.74 Å². The third-order valence-corrected chi connectivity index (χ3v) is 6.42. The molecule has 0 N–H and O–H groups in total. The second-order valence-electron chi connectivity index (χ2n) is 9.41. The van der Waals surface area contributed by atoms with E-state index in [1.807, 2.05) is 55.7 Å². The largest absolute Gasteiger partial charge is 0.444 e. The molecule has 1 saturated heterocycles. The van der Waals surface area contributed by atoms with Crippen molar-refractivity contribution in [1.82, 2.24) is 24.4 Å². The Labute approximate surface area is 199 Å². The molecule has 180 valence electrons. The standard InChI is InChI=1S/C24H29N5O4S/c1-24(2,3)33-23(30)28-14-11-18(12-15-28)29-16-26-20(17-8-6-5-7-9-17)21(29)19-10-13-25-22(27-19)34(4,31)32/h5-10,13,16,18H,11-12,14-15H2,1-4H3. The third kappa shape index (κ3) is 5.27. The van der Waals surface area contributed by atoms with E-state index in [0.717, 1.165) is 17.5 Å². The van der Waals surface area contributed by atoms with Crippen LogP contribution in [-0.2, 0) is 14.6 Å². The van der Waals surface area contributed by atoms with Crippen molar-refractivity contribution in [3.63, 3.8) is 0 Å². The van der Waals surface area contributed by atoms with Gasteiger partial charge in [-0.05, 0) is 39.7 Å². The van der Waals surface area contributed by atoms with Crippen LogP contribution < -0.4 is 0 Å². The van der Waals surface area contributed by atoms with Crippen molar-refractivity contribution in [2.75, 3.05) is 19.3 Å². The molecule has 3 aromatic rings. The number of likely N-dealkylation sites (tertiary alicyclic amines) is 1. The predicted octanol–water partition coefficient (Wildman–Crippen LogP) is 3.98. The van der Waals surface area contributed by atoms with Gasteiger partial charge in [-0.3, -0.25) is 0 Å². The lowest BCUT2D eigenvalue weighted by molar-refractivity contribution is 0.0189. The Balaban J connectivity index is 1.69. The first-order valence-corrected chi connectivity index (χ1v) is 13.1. The first-order valence-electron chi connectivity index (χ1n) is 11.2. The molecule has 10 heteroatoms. The fourth-order valence-electron chi connectivity index (χ4n) is 4.00. The van der Waals surface area contributed by atoms with Crippen LogP contribution in [0.2, 0.25) is 0 Å². The summed E-state index contributed by atoms with van der Waals surface area (Å²) in [6, 6.07) is 11.5. The van der Waals surface area contributed by atoms with Gasteiger partial charge >= 0.3 is 6.09 Å². The van der Waals surface area contributed by atoms with Crippen LogP contribution >= 0.6 is 0 Å². The summed E-state index contributed by atoms with van der Waals surface area (Å²) in [6.45, 7) is 6.67. The number of carbonyl (C=O) groups excluding carboxylic acids is 1. The maximum atomic E-state index is 12.5. The van der Waals surface area contributed by atoms with E-state index in [2.05, 4.69) is 15.0 Å². The SMILES string of the molecule is CC(C)(C)OC(=O)N1CCC(n2cnc(-c3ccccc3)c2-c2ccnc(S(C)(=O)=O)n2)CC1. The summed E-state index contributed by atoms with van der Waals surface area (Å²) in [5.74, 6) is 0. The molecule has 34 heavy (non-hydrogen) atoms. The lowest BCUT2D eigenvalue weighted by Crippen LogP contribution is -2.42. The Bertz CT molecular complexity index is 1270. The van der Waals surface area contributed by atoms with Crippen molar-refractivity contribution in [1.29, 1.82) is 0 Å². The van der Waals surface area contributed by atoms with Crippen molar-refractivity contribution in [3.05, 3.63) is 48.9 Å². The van der Waals surface area contributed by atoms with Crippen LogP contribution in [0, 0.1) is 0 Å². The zero-order valence-corrected chi connectivity index (χ0v) is 20.6. The zero-order chi connectivity index (χ0) is 24.5. The molecule has 4 rings (SSSR count). The fraction of sp³-hybridized carbons (Fsp3) is 0.417. The highest BCUT2D eigenvalue weighted by atomic mass is 32.2. The number of hydrogen-bond donors (Lipinski definition) is 0. The Morgan fingerprint density at radius 3 is 2.35 bits per heavy atom. The number of rotatable bonds is 4. The summed E-state index contributed by atoms with van der Waals surface area (Å²) < 4.78 is 31.8. The number of imidazole rings is 1. The summed E-state index contributed by atoms with van der Waals surface area (Å²) in [4.78, 5) is 27.2. The van der Waals surface area contributed by atoms with Crippen LogP contribution in [0.15, 0.2) is 54.1 Å².